The van der Waals surface area contributed by atoms with E-state index in [0.29, 0.717) is 29.5 Å². The largest absolute Gasteiger partial charge is 0.342 e. The van der Waals surface area contributed by atoms with Crippen LogP contribution >= 0.6 is 0 Å². The summed E-state index contributed by atoms with van der Waals surface area (Å²) in [6.45, 7) is 4.46. The van der Waals surface area contributed by atoms with Crippen molar-refractivity contribution in [3.8, 4) is 0 Å². The third kappa shape index (κ3) is 4.10. The second-order valence-corrected chi connectivity index (χ2v) is 7.86. The number of aldehydes is 1. The number of aryl methyl sites for hydroxylation is 2. The molecule has 4 heteroatoms. The SMILES string of the molecule is Cc1ccc(C(=O)c2cn(CC3=CC=CC(C=O)=CC3)c3ccccc3c2=O)cc1C. The zero-order valence-electron chi connectivity index (χ0n) is 17.6. The van der Waals surface area contributed by atoms with E-state index >= 15 is 0 Å². The maximum Gasteiger partial charge on any atom is 0.200 e. The average molecular weight is 409 g/mol. The van der Waals surface area contributed by atoms with Gasteiger partial charge in [-0.1, -0.05) is 48.6 Å². The number of rotatable bonds is 5. The number of benzene rings is 2. The number of hydrogen-bond donors (Lipinski definition) is 0. The van der Waals surface area contributed by atoms with E-state index in [0.717, 1.165) is 28.5 Å². The lowest BCUT2D eigenvalue weighted by atomic mass is 9.98. The average Bonchev–Trinajstić information content (AvgIpc) is 3.02. The predicted octanol–water partition coefficient (Wildman–Crippen LogP) is 4.86. The molecule has 4 rings (SSSR count). The van der Waals surface area contributed by atoms with Gasteiger partial charge in [0.05, 0.1) is 11.1 Å². The molecule has 0 bridgehead atoms. The molecular formula is C27H23NO3. The number of aromatic nitrogens is 1. The van der Waals surface area contributed by atoms with Crippen LogP contribution in [0.3, 0.4) is 0 Å². The van der Waals surface area contributed by atoms with Gasteiger partial charge in [-0.2, -0.15) is 0 Å². The molecule has 0 amide bonds. The van der Waals surface area contributed by atoms with Gasteiger partial charge in [0, 0.05) is 29.3 Å². The number of para-hydroxylation sites is 1. The zero-order chi connectivity index (χ0) is 22.0. The first kappa shape index (κ1) is 20.5. The Morgan fingerprint density at radius 3 is 2.68 bits per heavy atom. The van der Waals surface area contributed by atoms with Crippen LogP contribution < -0.4 is 5.43 Å². The second kappa shape index (κ2) is 8.52. The van der Waals surface area contributed by atoms with E-state index in [4.69, 9.17) is 0 Å². The molecule has 0 fully saturated rings. The fourth-order valence-corrected chi connectivity index (χ4v) is 3.78. The Labute approximate surface area is 180 Å². The smallest absolute Gasteiger partial charge is 0.200 e. The predicted molar refractivity (Wildman–Crippen MR) is 124 cm³/mol. The molecule has 0 N–H and O–H groups in total. The zero-order valence-corrected chi connectivity index (χ0v) is 17.6. The Bertz CT molecular complexity index is 1350. The summed E-state index contributed by atoms with van der Waals surface area (Å²) in [5.74, 6) is -0.273. The Morgan fingerprint density at radius 2 is 1.90 bits per heavy atom. The van der Waals surface area contributed by atoms with Crippen LogP contribution in [0.15, 0.2) is 88.9 Å². The third-order valence-electron chi connectivity index (χ3n) is 5.73. The molecule has 0 atom stereocenters. The van der Waals surface area contributed by atoms with Crippen LogP contribution in [0, 0.1) is 13.8 Å². The number of ketones is 1. The quantitative estimate of drug-likeness (QED) is 0.447. The molecule has 1 aliphatic carbocycles. The summed E-state index contributed by atoms with van der Waals surface area (Å²) in [6.07, 6.45) is 10.6. The number of nitrogens with zero attached hydrogens (tertiary/aromatic N) is 1. The highest BCUT2D eigenvalue weighted by Crippen LogP contribution is 2.20. The Hall–Kier alpha value is -3.79. The van der Waals surface area contributed by atoms with Crippen molar-refractivity contribution in [2.24, 2.45) is 0 Å². The normalized spacial score (nSPS) is 13.5. The van der Waals surface area contributed by atoms with Gasteiger partial charge in [0.25, 0.3) is 0 Å². The van der Waals surface area contributed by atoms with E-state index in [1.165, 1.54) is 0 Å². The second-order valence-electron chi connectivity index (χ2n) is 7.86. The van der Waals surface area contributed by atoms with Crippen molar-refractivity contribution in [1.29, 1.82) is 0 Å². The van der Waals surface area contributed by atoms with Gasteiger partial charge in [0.1, 0.15) is 6.29 Å². The number of fused-ring (bicyclic) bond motifs is 1. The summed E-state index contributed by atoms with van der Waals surface area (Å²) in [5, 5.41) is 0.520. The molecule has 0 spiro atoms. The highest BCUT2D eigenvalue weighted by molar-refractivity contribution is 6.10. The fraction of sp³-hybridized carbons (Fsp3) is 0.148. The lowest BCUT2D eigenvalue weighted by Gasteiger charge is -2.15. The number of pyridine rings is 1. The Kier molecular flexibility index (Phi) is 5.63. The van der Waals surface area contributed by atoms with E-state index in [-0.39, 0.29) is 16.8 Å². The van der Waals surface area contributed by atoms with Gasteiger partial charge in [-0.25, -0.2) is 0 Å². The molecule has 0 radical (unpaired) electrons. The molecular weight excluding hydrogens is 386 g/mol. The summed E-state index contributed by atoms with van der Waals surface area (Å²) in [5.41, 5.74) is 5.02. The molecule has 31 heavy (non-hydrogen) atoms. The maximum absolute atomic E-state index is 13.3. The van der Waals surface area contributed by atoms with Crippen LogP contribution in [0.1, 0.15) is 33.5 Å². The Balaban J connectivity index is 1.81. The van der Waals surface area contributed by atoms with Crippen molar-refractivity contribution in [3.63, 3.8) is 0 Å². The summed E-state index contributed by atoms with van der Waals surface area (Å²) >= 11 is 0. The molecule has 0 aliphatic heterocycles. The monoisotopic (exact) mass is 409 g/mol. The lowest BCUT2D eigenvalue weighted by Crippen LogP contribution is -2.20. The fourth-order valence-electron chi connectivity index (χ4n) is 3.78. The molecule has 0 saturated heterocycles. The summed E-state index contributed by atoms with van der Waals surface area (Å²) in [7, 11) is 0. The van der Waals surface area contributed by atoms with Crippen molar-refractivity contribution < 1.29 is 9.59 Å². The van der Waals surface area contributed by atoms with Crippen LogP contribution in [0.2, 0.25) is 0 Å². The minimum atomic E-state index is -0.273. The summed E-state index contributed by atoms with van der Waals surface area (Å²) in [6, 6.07) is 12.9. The van der Waals surface area contributed by atoms with Crippen LogP contribution in [-0.4, -0.2) is 16.6 Å². The van der Waals surface area contributed by atoms with Gasteiger partial charge in [-0.15, -0.1) is 0 Å². The number of allylic oxidation sites excluding steroid dienone is 6. The van der Waals surface area contributed by atoms with E-state index in [1.807, 2.05) is 67.0 Å². The number of hydrogen-bond acceptors (Lipinski definition) is 3. The van der Waals surface area contributed by atoms with Crippen molar-refractivity contribution in [2.75, 3.05) is 0 Å². The molecule has 4 nitrogen and oxygen atoms in total. The maximum atomic E-state index is 13.3. The van der Waals surface area contributed by atoms with E-state index in [2.05, 4.69) is 0 Å². The van der Waals surface area contributed by atoms with Gasteiger partial charge in [-0.3, -0.25) is 14.4 Å². The van der Waals surface area contributed by atoms with Crippen molar-refractivity contribution >= 4 is 23.0 Å². The number of carbonyl (C=O) groups excluding carboxylic acids is 2. The van der Waals surface area contributed by atoms with Crippen LogP contribution in [-0.2, 0) is 11.3 Å². The summed E-state index contributed by atoms with van der Waals surface area (Å²) in [4.78, 5) is 37.5. The molecule has 0 saturated carbocycles. The van der Waals surface area contributed by atoms with Gasteiger partial charge in [0.15, 0.2) is 5.78 Å². The van der Waals surface area contributed by atoms with Crippen LogP contribution in [0.4, 0.5) is 0 Å². The lowest BCUT2D eigenvalue weighted by molar-refractivity contribution is -0.104. The molecule has 154 valence electrons. The first-order valence-electron chi connectivity index (χ1n) is 10.2. The van der Waals surface area contributed by atoms with E-state index in [9.17, 15) is 14.4 Å². The number of carbonyl (C=O) groups is 2. The van der Waals surface area contributed by atoms with Crippen LogP contribution in [0.5, 0.6) is 0 Å². The van der Waals surface area contributed by atoms with Gasteiger partial charge < -0.3 is 4.57 Å². The molecule has 3 aromatic rings. The van der Waals surface area contributed by atoms with E-state index in [1.54, 1.807) is 24.4 Å². The van der Waals surface area contributed by atoms with Gasteiger partial charge in [0.2, 0.25) is 5.43 Å². The molecule has 2 aromatic carbocycles. The Morgan fingerprint density at radius 1 is 1.10 bits per heavy atom. The first-order chi connectivity index (χ1) is 15.0. The molecule has 0 unspecified atom stereocenters. The van der Waals surface area contributed by atoms with Gasteiger partial charge >= 0.3 is 0 Å². The molecule has 1 aromatic heterocycles. The summed E-state index contributed by atoms with van der Waals surface area (Å²) < 4.78 is 1.95. The standard InChI is InChI=1S/C27H23NO3/c1-18-10-13-22(14-19(18)2)26(30)24-16-28(25-9-4-3-8-23(25)27(24)31)15-20-6-5-7-21(17-29)12-11-20/h3-10,12-14,16-17H,11,15H2,1-2H3. The highest BCUT2D eigenvalue weighted by atomic mass is 16.1. The van der Waals surface area contributed by atoms with Gasteiger partial charge in [-0.05, 0) is 55.2 Å². The van der Waals surface area contributed by atoms with Crippen molar-refractivity contribution in [1.82, 2.24) is 4.57 Å². The molecule has 1 aliphatic rings. The molecule has 1 heterocycles. The third-order valence-corrected chi connectivity index (χ3v) is 5.73. The van der Waals surface area contributed by atoms with Crippen molar-refractivity contribution in [2.45, 2.75) is 26.8 Å². The van der Waals surface area contributed by atoms with Crippen molar-refractivity contribution in [3.05, 3.63) is 117 Å². The highest BCUT2D eigenvalue weighted by Gasteiger charge is 2.18. The minimum Gasteiger partial charge on any atom is -0.342 e. The topological polar surface area (TPSA) is 56.1 Å². The minimum absolute atomic E-state index is 0.163. The van der Waals surface area contributed by atoms with E-state index < -0.39 is 0 Å². The van der Waals surface area contributed by atoms with Crippen LogP contribution in [0.25, 0.3) is 10.9 Å². The first-order valence-corrected chi connectivity index (χ1v) is 10.2.